The lowest BCUT2D eigenvalue weighted by Gasteiger charge is -2.28. The van der Waals surface area contributed by atoms with E-state index in [2.05, 4.69) is 11.4 Å². The summed E-state index contributed by atoms with van der Waals surface area (Å²) in [6, 6.07) is 12.7. The molecule has 4 aromatic rings. The van der Waals surface area contributed by atoms with Crippen LogP contribution in [0.2, 0.25) is 0 Å². The largest absolute Gasteiger partial charge is 0.492 e. The number of alkyl halides is 3. The molecule has 2 saturated carbocycles. The van der Waals surface area contributed by atoms with E-state index in [4.69, 9.17) is 4.74 Å². The number of sulfone groups is 1. The van der Waals surface area contributed by atoms with E-state index in [9.17, 15) is 53.8 Å². The van der Waals surface area contributed by atoms with Crippen molar-refractivity contribution in [2.24, 2.45) is 0 Å². The third-order valence-electron chi connectivity index (χ3n) is 9.25. The zero-order chi connectivity index (χ0) is 39.1. The highest BCUT2D eigenvalue weighted by atomic mass is 32.2. The van der Waals surface area contributed by atoms with E-state index in [1.807, 2.05) is 12.1 Å². The summed E-state index contributed by atoms with van der Waals surface area (Å²) in [6.07, 6.45) is -1.29. The average Bonchev–Trinajstić information content (AvgIpc) is 4.05. The molecule has 0 heterocycles. The first kappa shape index (κ1) is 38.8. The van der Waals surface area contributed by atoms with Gasteiger partial charge in [0.2, 0.25) is 15.7 Å². The standard InChI is InChI=1S/C38H33F7N2O6S/c1-2-53-30-16-23(37(49)50)11-12-29(30)47(19-20-13-24(21-7-8-21)15-25(14-20)22-9-10-22)32(48)18-46-36(26-5-3-4-6-27(26)38(43,44)45)54(51,52)31-17-28(39)33(40)35(42)34(31)41/h3-6,11-17,21-22,36,46H,2,7-10,18-19H2,1H3,(H,49,50). The van der Waals surface area contributed by atoms with E-state index >= 15 is 0 Å². The molecule has 2 aliphatic rings. The van der Waals surface area contributed by atoms with Crippen LogP contribution in [-0.4, -0.2) is 38.6 Å². The fourth-order valence-electron chi connectivity index (χ4n) is 6.30. The Labute approximate surface area is 305 Å². The monoisotopic (exact) mass is 778 g/mol. The molecule has 286 valence electrons. The number of carbonyl (C=O) groups is 2. The Morgan fingerprint density at radius 1 is 0.889 bits per heavy atom. The van der Waals surface area contributed by atoms with Gasteiger partial charge in [-0.25, -0.2) is 30.8 Å². The molecule has 0 aromatic heterocycles. The molecule has 0 aliphatic heterocycles. The molecule has 4 aromatic carbocycles. The molecule has 8 nitrogen and oxygen atoms in total. The van der Waals surface area contributed by atoms with Gasteiger partial charge in [0.15, 0.2) is 23.3 Å². The van der Waals surface area contributed by atoms with Gasteiger partial charge in [0, 0.05) is 0 Å². The van der Waals surface area contributed by atoms with Gasteiger partial charge in [0.05, 0.1) is 36.5 Å². The highest BCUT2D eigenvalue weighted by Crippen LogP contribution is 2.46. The number of carboxylic acids is 1. The maximum atomic E-state index is 15.0. The van der Waals surface area contributed by atoms with Gasteiger partial charge < -0.3 is 14.7 Å². The van der Waals surface area contributed by atoms with E-state index in [0.29, 0.717) is 23.5 Å². The number of halogens is 7. The van der Waals surface area contributed by atoms with Crippen molar-refractivity contribution in [2.45, 2.75) is 67.4 Å². The van der Waals surface area contributed by atoms with Gasteiger partial charge >= 0.3 is 12.1 Å². The molecule has 16 heteroatoms. The molecule has 1 atom stereocenters. The lowest BCUT2D eigenvalue weighted by Crippen LogP contribution is -2.41. The smallest absolute Gasteiger partial charge is 0.416 e. The second-order valence-electron chi connectivity index (χ2n) is 13.1. The molecule has 0 bridgehead atoms. The topological polar surface area (TPSA) is 113 Å². The summed E-state index contributed by atoms with van der Waals surface area (Å²) < 4.78 is 134. The first-order valence-electron chi connectivity index (χ1n) is 16.9. The van der Waals surface area contributed by atoms with Crippen molar-refractivity contribution in [1.29, 1.82) is 0 Å². The van der Waals surface area contributed by atoms with Crippen molar-refractivity contribution < 1.29 is 58.6 Å². The second-order valence-corrected chi connectivity index (χ2v) is 15.1. The zero-order valence-corrected chi connectivity index (χ0v) is 29.3. The molecule has 1 unspecified atom stereocenters. The summed E-state index contributed by atoms with van der Waals surface area (Å²) in [5.41, 5.74) is 0.0682. The minimum absolute atomic E-state index is 0.0320. The average molecular weight is 779 g/mol. The number of anilines is 1. The van der Waals surface area contributed by atoms with E-state index < -0.39 is 79.1 Å². The fraction of sp³-hybridized carbons (Fsp3) is 0.316. The summed E-state index contributed by atoms with van der Waals surface area (Å²) in [5.74, 6) is -11.0. The number of amides is 1. The quantitative estimate of drug-likeness (QED) is 0.0572. The van der Waals surface area contributed by atoms with E-state index in [-0.39, 0.29) is 36.2 Å². The SMILES string of the molecule is CCOc1cc(C(=O)O)ccc1N(Cc1cc(C2CC2)cc(C2CC2)c1)C(=O)CNC(c1ccccc1C(F)(F)F)S(=O)(=O)c1cc(F)c(F)c(F)c1F. The summed E-state index contributed by atoms with van der Waals surface area (Å²) in [6.45, 7) is 0.408. The van der Waals surface area contributed by atoms with Crippen molar-refractivity contribution in [3.63, 3.8) is 0 Å². The summed E-state index contributed by atoms with van der Waals surface area (Å²) >= 11 is 0. The number of carbonyl (C=O) groups excluding carboxylic acids is 1. The Hall–Kier alpha value is -4.96. The molecule has 2 N–H and O–H groups in total. The maximum absolute atomic E-state index is 15.0. The van der Waals surface area contributed by atoms with Crippen LogP contribution in [-0.2, 0) is 27.4 Å². The van der Waals surface area contributed by atoms with E-state index in [1.165, 1.54) is 18.2 Å². The van der Waals surface area contributed by atoms with Gasteiger partial charge in [0.25, 0.3) is 0 Å². The molecule has 1 amide bonds. The Bertz CT molecular complexity index is 2190. The van der Waals surface area contributed by atoms with Crippen molar-refractivity contribution >= 4 is 27.4 Å². The number of hydrogen-bond acceptors (Lipinski definition) is 6. The zero-order valence-electron chi connectivity index (χ0n) is 28.5. The Kier molecular flexibility index (Phi) is 10.8. The molecular formula is C38H33F7N2O6S. The van der Waals surface area contributed by atoms with Gasteiger partial charge in [-0.1, -0.05) is 36.4 Å². The predicted octanol–water partition coefficient (Wildman–Crippen LogP) is 8.41. The van der Waals surface area contributed by atoms with Crippen LogP contribution in [0.5, 0.6) is 5.75 Å². The third kappa shape index (κ3) is 8.09. The van der Waals surface area contributed by atoms with E-state index in [1.54, 1.807) is 6.92 Å². The normalized spacial score (nSPS) is 15.2. The molecule has 6 rings (SSSR count). The van der Waals surface area contributed by atoms with Crippen molar-refractivity contribution in [3.8, 4) is 5.75 Å². The third-order valence-corrected chi connectivity index (χ3v) is 11.2. The molecule has 0 spiro atoms. The predicted molar refractivity (Wildman–Crippen MR) is 182 cm³/mol. The minimum atomic E-state index is -5.62. The van der Waals surface area contributed by atoms with Crippen molar-refractivity contribution in [3.05, 3.63) is 123 Å². The van der Waals surface area contributed by atoms with Gasteiger partial charge in [-0.05, 0) is 97.0 Å². The molecule has 54 heavy (non-hydrogen) atoms. The van der Waals surface area contributed by atoms with Gasteiger partial charge in [-0.2, -0.15) is 13.2 Å². The van der Waals surface area contributed by atoms with Gasteiger partial charge in [0.1, 0.15) is 16.0 Å². The fourth-order valence-corrected chi connectivity index (χ4v) is 8.01. The molecule has 2 fully saturated rings. The van der Waals surface area contributed by atoms with E-state index in [0.717, 1.165) is 59.9 Å². The van der Waals surface area contributed by atoms with Crippen LogP contribution >= 0.6 is 0 Å². The van der Waals surface area contributed by atoms with Crippen LogP contribution in [0.4, 0.5) is 36.4 Å². The summed E-state index contributed by atoms with van der Waals surface area (Å²) in [5, 5.41) is 9.22. The van der Waals surface area contributed by atoms with Crippen LogP contribution in [0.1, 0.15) is 88.0 Å². The van der Waals surface area contributed by atoms with Crippen LogP contribution < -0.4 is 15.0 Å². The lowest BCUT2D eigenvalue weighted by atomic mass is 9.99. The number of hydrogen-bond donors (Lipinski definition) is 2. The number of nitrogens with one attached hydrogen (secondary N) is 1. The Balaban J connectivity index is 1.44. The molecule has 0 radical (unpaired) electrons. The summed E-state index contributed by atoms with van der Waals surface area (Å²) in [4.78, 5) is 25.5. The Morgan fingerprint density at radius 2 is 1.52 bits per heavy atom. The summed E-state index contributed by atoms with van der Waals surface area (Å²) in [7, 11) is -5.62. The number of ether oxygens (including phenoxy) is 1. The lowest BCUT2D eigenvalue weighted by molar-refractivity contribution is -0.138. The second kappa shape index (κ2) is 15.1. The number of nitrogens with zero attached hydrogens (tertiary/aromatic N) is 1. The first-order chi connectivity index (χ1) is 25.5. The minimum Gasteiger partial charge on any atom is -0.492 e. The highest BCUT2D eigenvalue weighted by Gasteiger charge is 2.42. The number of carboxylic acid groups (broad SMARTS) is 1. The van der Waals surface area contributed by atoms with Crippen LogP contribution in [0.3, 0.4) is 0 Å². The van der Waals surface area contributed by atoms with Crippen molar-refractivity contribution in [1.82, 2.24) is 5.32 Å². The Morgan fingerprint density at radius 3 is 2.09 bits per heavy atom. The van der Waals surface area contributed by atoms with Crippen LogP contribution in [0, 0.1) is 23.3 Å². The van der Waals surface area contributed by atoms with Gasteiger partial charge in [-0.3, -0.25) is 10.1 Å². The number of rotatable bonds is 14. The van der Waals surface area contributed by atoms with Crippen molar-refractivity contribution in [2.75, 3.05) is 18.1 Å². The maximum Gasteiger partial charge on any atom is 0.416 e. The molecule has 0 saturated heterocycles. The molecular weight excluding hydrogens is 745 g/mol. The molecule has 2 aliphatic carbocycles. The highest BCUT2D eigenvalue weighted by molar-refractivity contribution is 7.91. The first-order valence-corrected chi connectivity index (χ1v) is 18.5. The van der Waals surface area contributed by atoms with Gasteiger partial charge in [-0.15, -0.1) is 0 Å². The van der Waals surface area contributed by atoms with Crippen LogP contribution in [0.25, 0.3) is 0 Å². The number of aromatic carboxylic acids is 1. The van der Waals surface area contributed by atoms with Crippen LogP contribution in [0.15, 0.2) is 71.6 Å². The number of benzene rings is 4.